The van der Waals surface area contributed by atoms with Crippen molar-refractivity contribution in [3.8, 4) is 0 Å². The lowest BCUT2D eigenvalue weighted by molar-refractivity contribution is -0.120. The highest BCUT2D eigenvalue weighted by Crippen LogP contribution is 2.28. The van der Waals surface area contributed by atoms with Gasteiger partial charge in [-0.15, -0.1) is 11.3 Å². The fourth-order valence-corrected chi connectivity index (χ4v) is 4.52. The van der Waals surface area contributed by atoms with Crippen LogP contribution in [-0.2, 0) is 17.8 Å². The zero-order valence-corrected chi connectivity index (χ0v) is 17.6. The summed E-state index contributed by atoms with van der Waals surface area (Å²) in [6.45, 7) is 3.18. The molecule has 1 aliphatic rings. The Balaban J connectivity index is 1.47. The topological polar surface area (TPSA) is 75.9 Å². The van der Waals surface area contributed by atoms with Crippen molar-refractivity contribution in [3.63, 3.8) is 0 Å². The van der Waals surface area contributed by atoms with Crippen molar-refractivity contribution >= 4 is 45.9 Å². The smallest absolute Gasteiger partial charge is 0.225 e. The molecule has 148 valence electrons. The summed E-state index contributed by atoms with van der Waals surface area (Å²) in [4.78, 5) is 25.0. The highest BCUT2D eigenvalue weighted by atomic mass is 32.2. The lowest BCUT2D eigenvalue weighted by Gasteiger charge is -2.28. The second-order valence-electron chi connectivity index (χ2n) is 6.79. The molecule has 1 fully saturated rings. The van der Waals surface area contributed by atoms with Crippen molar-refractivity contribution < 1.29 is 4.79 Å². The molecular formula is C19H24N6OS2. The van der Waals surface area contributed by atoms with Gasteiger partial charge < -0.3 is 10.2 Å². The molecule has 3 aromatic rings. The van der Waals surface area contributed by atoms with E-state index in [0.717, 1.165) is 40.0 Å². The van der Waals surface area contributed by atoms with Gasteiger partial charge in [-0.25, -0.2) is 14.6 Å². The number of thioether (sulfide) groups is 1. The molecule has 4 heterocycles. The number of anilines is 1. The first kappa shape index (κ1) is 19.2. The maximum absolute atomic E-state index is 12.1. The van der Waals surface area contributed by atoms with Crippen LogP contribution in [0.3, 0.4) is 0 Å². The van der Waals surface area contributed by atoms with Crippen LogP contribution in [-0.4, -0.2) is 51.5 Å². The van der Waals surface area contributed by atoms with E-state index in [4.69, 9.17) is 4.98 Å². The van der Waals surface area contributed by atoms with Crippen LogP contribution in [0.2, 0.25) is 0 Å². The molecule has 9 heteroatoms. The molecule has 0 saturated carbocycles. The van der Waals surface area contributed by atoms with Crippen molar-refractivity contribution in [1.82, 2.24) is 25.1 Å². The molecule has 1 aliphatic heterocycles. The predicted octanol–water partition coefficient (Wildman–Crippen LogP) is 2.96. The van der Waals surface area contributed by atoms with Crippen molar-refractivity contribution in [1.29, 1.82) is 0 Å². The maximum atomic E-state index is 12.1. The summed E-state index contributed by atoms with van der Waals surface area (Å²) in [6, 6.07) is 3.94. The van der Waals surface area contributed by atoms with Crippen LogP contribution in [0, 0.1) is 0 Å². The number of amides is 1. The number of carbonyl (C=O) groups is 1. The first-order valence-electron chi connectivity index (χ1n) is 9.56. The normalized spacial score (nSPS) is 14.5. The van der Waals surface area contributed by atoms with Gasteiger partial charge in [0.2, 0.25) is 5.91 Å². The van der Waals surface area contributed by atoms with Gasteiger partial charge in [0.05, 0.1) is 24.5 Å². The van der Waals surface area contributed by atoms with Gasteiger partial charge in [-0.05, 0) is 37.0 Å². The fourth-order valence-electron chi connectivity index (χ4n) is 3.46. The van der Waals surface area contributed by atoms with Crippen molar-refractivity contribution in [2.45, 2.75) is 37.4 Å². The summed E-state index contributed by atoms with van der Waals surface area (Å²) in [5, 5.41) is 11.2. The highest BCUT2D eigenvalue weighted by molar-refractivity contribution is 7.98. The molecule has 0 bridgehead atoms. The van der Waals surface area contributed by atoms with Crippen molar-refractivity contribution in [2.24, 2.45) is 0 Å². The molecule has 1 N–H and O–H groups in total. The molecule has 0 aliphatic carbocycles. The Morgan fingerprint density at radius 1 is 1.29 bits per heavy atom. The summed E-state index contributed by atoms with van der Waals surface area (Å²) in [7, 11) is 0. The quantitative estimate of drug-likeness (QED) is 0.471. The summed E-state index contributed by atoms with van der Waals surface area (Å²) < 4.78 is 1.87. The number of rotatable bonds is 7. The summed E-state index contributed by atoms with van der Waals surface area (Å²) in [6.07, 6.45) is 7.96. The van der Waals surface area contributed by atoms with Crippen molar-refractivity contribution in [3.05, 3.63) is 28.6 Å². The molecule has 0 atom stereocenters. The van der Waals surface area contributed by atoms with Gasteiger partial charge in [0.1, 0.15) is 5.82 Å². The number of hydrogen-bond donors (Lipinski definition) is 1. The second-order valence-corrected chi connectivity index (χ2v) is 8.60. The molecule has 0 aromatic carbocycles. The van der Waals surface area contributed by atoms with Crippen molar-refractivity contribution in [2.75, 3.05) is 30.8 Å². The van der Waals surface area contributed by atoms with Crippen LogP contribution >= 0.6 is 23.1 Å². The maximum Gasteiger partial charge on any atom is 0.225 e. The van der Waals surface area contributed by atoms with E-state index >= 15 is 0 Å². The van der Waals surface area contributed by atoms with Crippen LogP contribution in [0.15, 0.2) is 28.9 Å². The third kappa shape index (κ3) is 4.30. The average molecular weight is 417 g/mol. The van der Waals surface area contributed by atoms with E-state index in [1.165, 1.54) is 19.3 Å². The lowest BCUT2D eigenvalue weighted by Crippen LogP contribution is -2.30. The molecule has 1 amide bonds. The van der Waals surface area contributed by atoms with E-state index in [0.29, 0.717) is 19.5 Å². The lowest BCUT2D eigenvalue weighted by atomic mass is 10.1. The Hall–Kier alpha value is -2.13. The van der Waals surface area contributed by atoms with Gasteiger partial charge in [-0.1, -0.05) is 17.8 Å². The Bertz CT molecular complexity index is 933. The van der Waals surface area contributed by atoms with E-state index in [-0.39, 0.29) is 5.91 Å². The number of fused-ring (bicyclic) bond motifs is 1. The van der Waals surface area contributed by atoms with Gasteiger partial charge >= 0.3 is 0 Å². The SMILES string of the molecule is CSc1nc(N2CCCCC2)c2cnn(CCNC(=O)Cc3cccs3)c2n1. The van der Waals surface area contributed by atoms with Crippen LogP contribution < -0.4 is 10.2 Å². The number of hydrogen-bond acceptors (Lipinski definition) is 7. The minimum Gasteiger partial charge on any atom is -0.356 e. The summed E-state index contributed by atoms with van der Waals surface area (Å²) >= 11 is 3.15. The highest BCUT2D eigenvalue weighted by Gasteiger charge is 2.19. The van der Waals surface area contributed by atoms with Gasteiger partial charge in [-0.2, -0.15) is 5.10 Å². The van der Waals surface area contributed by atoms with Crippen LogP contribution in [0.5, 0.6) is 0 Å². The molecule has 28 heavy (non-hydrogen) atoms. The number of nitrogens with zero attached hydrogens (tertiary/aromatic N) is 5. The first-order valence-corrected chi connectivity index (χ1v) is 11.7. The Kier molecular flexibility index (Phi) is 6.11. The molecule has 0 spiro atoms. The van der Waals surface area contributed by atoms with Gasteiger partial charge in [0.25, 0.3) is 0 Å². The average Bonchev–Trinajstić information content (AvgIpc) is 3.38. The van der Waals surface area contributed by atoms with E-state index < -0.39 is 0 Å². The number of carbonyl (C=O) groups excluding carboxylic acids is 1. The third-order valence-corrected chi connectivity index (χ3v) is 6.28. The van der Waals surface area contributed by atoms with Gasteiger partial charge in [0.15, 0.2) is 10.8 Å². The molecule has 0 unspecified atom stereocenters. The van der Waals surface area contributed by atoms with E-state index in [1.807, 2.05) is 34.6 Å². The molecular weight excluding hydrogens is 392 g/mol. The van der Waals surface area contributed by atoms with E-state index in [9.17, 15) is 4.79 Å². The van der Waals surface area contributed by atoms with E-state index in [1.54, 1.807) is 23.1 Å². The van der Waals surface area contributed by atoms with E-state index in [2.05, 4.69) is 20.3 Å². The summed E-state index contributed by atoms with van der Waals surface area (Å²) in [5.41, 5.74) is 0.840. The Morgan fingerprint density at radius 2 is 2.14 bits per heavy atom. The zero-order chi connectivity index (χ0) is 19.3. The fraction of sp³-hybridized carbons (Fsp3) is 0.474. The number of aromatic nitrogens is 4. The standard InChI is InChI=1S/C19H24N6OS2/c1-27-19-22-17(24-8-3-2-4-9-24)15-13-21-25(18(15)23-19)10-7-20-16(26)12-14-6-5-11-28-14/h5-6,11,13H,2-4,7-10,12H2,1H3,(H,20,26). The van der Waals surface area contributed by atoms with Crippen LogP contribution in [0.1, 0.15) is 24.1 Å². The third-order valence-electron chi connectivity index (χ3n) is 4.85. The molecule has 4 rings (SSSR count). The first-order chi connectivity index (χ1) is 13.7. The largest absolute Gasteiger partial charge is 0.356 e. The summed E-state index contributed by atoms with van der Waals surface area (Å²) in [5.74, 6) is 1.02. The zero-order valence-electron chi connectivity index (χ0n) is 15.9. The monoisotopic (exact) mass is 416 g/mol. The molecule has 3 aromatic heterocycles. The molecule has 7 nitrogen and oxygen atoms in total. The Labute approximate surface area is 172 Å². The number of nitrogens with one attached hydrogen (secondary N) is 1. The number of thiophene rings is 1. The second kappa shape index (κ2) is 8.91. The molecule has 0 radical (unpaired) electrons. The predicted molar refractivity (Wildman–Crippen MR) is 114 cm³/mol. The van der Waals surface area contributed by atoms with Crippen LogP contribution in [0.4, 0.5) is 5.82 Å². The molecule has 1 saturated heterocycles. The Morgan fingerprint density at radius 3 is 2.89 bits per heavy atom. The van der Waals surface area contributed by atoms with Crippen LogP contribution in [0.25, 0.3) is 11.0 Å². The van der Waals surface area contributed by atoms with Gasteiger partial charge in [-0.3, -0.25) is 4.79 Å². The van der Waals surface area contributed by atoms with Gasteiger partial charge in [0, 0.05) is 24.5 Å². The minimum atomic E-state index is 0.0346. The minimum absolute atomic E-state index is 0.0346. The number of piperidine rings is 1.